The molecular weight excluding hydrogens is 326 g/mol. The predicted octanol–water partition coefficient (Wildman–Crippen LogP) is 3.30. The maximum absolute atomic E-state index is 6.16. The topological polar surface area (TPSA) is 47.5 Å². The molecule has 138 valence electrons. The molecule has 2 atom stereocenters. The van der Waals surface area contributed by atoms with Crippen LogP contribution in [0.5, 0.6) is 5.88 Å². The standard InChI is InChI=1S/C21H27N3O2/c1-25-20-18(4-3-9-23-20)12-24-13-19-5-2-8-21(19,15-24)16-26-14-17-6-10-22-11-7-17/h3-4,6-7,9-11,19H,2,5,8,12-16H2,1H3/t19-,21+/m1/s1. The van der Waals surface area contributed by atoms with Gasteiger partial charge in [-0.25, -0.2) is 4.98 Å². The highest BCUT2D eigenvalue weighted by Gasteiger charge is 2.49. The monoisotopic (exact) mass is 353 g/mol. The summed E-state index contributed by atoms with van der Waals surface area (Å²) in [5.41, 5.74) is 2.67. The van der Waals surface area contributed by atoms with Gasteiger partial charge in [-0.1, -0.05) is 12.5 Å². The van der Waals surface area contributed by atoms with Crippen molar-refractivity contribution in [2.24, 2.45) is 11.3 Å². The average molecular weight is 353 g/mol. The lowest BCUT2D eigenvalue weighted by Crippen LogP contribution is -2.32. The first-order chi connectivity index (χ1) is 12.8. The molecule has 2 aliphatic rings. The Hall–Kier alpha value is -1.98. The SMILES string of the molecule is COc1ncccc1CN1C[C@H]2CCC[C@@]2(COCc2ccncc2)C1. The summed E-state index contributed by atoms with van der Waals surface area (Å²) >= 11 is 0. The third-order valence-corrected chi connectivity index (χ3v) is 5.96. The zero-order valence-electron chi connectivity index (χ0n) is 15.4. The molecule has 5 nitrogen and oxygen atoms in total. The van der Waals surface area contributed by atoms with E-state index in [1.807, 2.05) is 30.6 Å². The van der Waals surface area contributed by atoms with Crippen LogP contribution in [0.15, 0.2) is 42.9 Å². The van der Waals surface area contributed by atoms with Gasteiger partial charge in [0.2, 0.25) is 5.88 Å². The van der Waals surface area contributed by atoms with Crippen molar-refractivity contribution in [3.63, 3.8) is 0 Å². The van der Waals surface area contributed by atoms with Crippen LogP contribution in [0.25, 0.3) is 0 Å². The largest absolute Gasteiger partial charge is 0.481 e. The quantitative estimate of drug-likeness (QED) is 0.764. The fourth-order valence-electron chi connectivity index (χ4n) is 4.70. The Morgan fingerprint density at radius 1 is 1.23 bits per heavy atom. The maximum Gasteiger partial charge on any atom is 0.217 e. The second kappa shape index (κ2) is 7.72. The van der Waals surface area contributed by atoms with Gasteiger partial charge in [-0.3, -0.25) is 9.88 Å². The van der Waals surface area contributed by atoms with Crippen LogP contribution in [0.3, 0.4) is 0 Å². The fraction of sp³-hybridized carbons (Fsp3) is 0.524. The van der Waals surface area contributed by atoms with E-state index in [0.29, 0.717) is 12.0 Å². The summed E-state index contributed by atoms with van der Waals surface area (Å²) in [4.78, 5) is 11.0. The molecule has 2 fully saturated rings. The number of methoxy groups -OCH3 is 1. The molecule has 1 saturated heterocycles. The Bertz CT molecular complexity index is 724. The molecule has 26 heavy (non-hydrogen) atoms. The zero-order valence-corrected chi connectivity index (χ0v) is 15.4. The van der Waals surface area contributed by atoms with E-state index >= 15 is 0 Å². The molecule has 3 heterocycles. The van der Waals surface area contributed by atoms with Gasteiger partial charge < -0.3 is 9.47 Å². The number of rotatable bonds is 7. The lowest BCUT2D eigenvalue weighted by atomic mass is 9.81. The molecule has 2 aromatic heterocycles. The summed E-state index contributed by atoms with van der Waals surface area (Å²) in [5, 5.41) is 0. The van der Waals surface area contributed by atoms with E-state index in [-0.39, 0.29) is 0 Å². The minimum absolute atomic E-state index is 0.308. The van der Waals surface area contributed by atoms with Crippen LogP contribution in [0, 0.1) is 11.3 Å². The lowest BCUT2D eigenvalue weighted by molar-refractivity contribution is 0.0266. The highest BCUT2D eigenvalue weighted by atomic mass is 16.5. The van der Waals surface area contributed by atoms with Crippen molar-refractivity contribution in [1.82, 2.24) is 14.9 Å². The van der Waals surface area contributed by atoms with Gasteiger partial charge in [-0.2, -0.15) is 0 Å². The van der Waals surface area contributed by atoms with Gasteiger partial charge in [0, 0.05) is 49.2 Å². The van der Waals surface area contributed by atoms with E-state index in [1.165, 1.54) is 30.4 Å². The van der Waals surface area contributed by atoms with E-state index in [0.717, 1.165) is 38.0 Å². The number of pyridine rings is 2. The molecule has 0 N–H and O–H groups in total. The van der Waals surface area contributed by atoms with Gasteiger partial charge in [-0.15, -0.1) is 0 Å². The zero-order chi connectivity index (χ0) is 17.8. The summed E-state index contributed by atoms with van der Waals surface area (Å²) in [6.07, 6.45) is 9.36. The first-order valence-electron chi connectivity index (χ1n) is 9.46. The number of fused-ring (bicyclic) bond motifs is 1. The number of aromatic nitrogens is 2. The van der Waals surface area contributed by atoms with Crippen LogP contribution < -0.4 is 4.74 Å². The first kappa shape index (κ1) is 17.4. The minimum Gasteiger partial charge on any atom is -0.481 e. The summed E-state index contributed by atoms with van der Waals surface area (Å²) in [5.74, 6) is 1.48. The molecule has 1 saturated carbocycles. The number of ether oxygens (including phenoxy) is 2. The molecule has 5 heteroatoms. The van der Waals surface area contributed by atoms with Gasteiger partial charge in [0.05, 0.1) is 20.3 Å². The third-order valence-electron chi connectivity index (χ3n) is 5.96. The molecule has 4 rings (SSSR count). The van der Waals surface area contributed by atoms with Gasteiger partial charge in [0.25, 0.3) is 0 Å². The van der Waals surface area contributed by atoms with Crippen molar-refractivity contribution in [3.8, 4) is 5.88 Å². The molecule has 1 aliphatic carbocycles. The fourth-order valence-corrected chi connectivity index (χ4v) is 4.70. The number of nitrogens with zero attached hydrogens (tertiary/aromatic N) is 3. The highest BCUT2D eigenvalue weighted by Crippen LogP contribution is 2.49. The Labute approximate surface area is 155 Å². The number of hydrogen-bond acceptors (Lipinski definition) is 5. The molecular formula is C21H27N3O2. The molecule has 0 radical (unpaired) electrons. The van der Waals surface area contributed by atoms with Crippen LogP contribution >= 0.6 is 0 Å². The smallest absolute Gasteiger partial charge is 0.217 e. The van der Waals surface area contributed by atoms with Crippen LogP contribution in [0.4, 0.5) is 0 Å². The van der Waals surface area contributed by atoms with Crippen molar-refractivity contribution in [3.05, 3.63) is 54.0 Å². The predicted molar refractivity (Wildman–Crippen MR) is 99.7 cm³/mol. The normalized spacial score (nSPS) is 25.3. The average Bonchev–Trinajstić information content (AvgIpc) is 3.19. The minimum atomic E-state index is 0.308. The van der Waals surface area contributed by atoms with Crippen molar-refractivity contribution in [2.45, 2.75) is 32.4 Å². The van der Waals surface area contributed by atoms with Crippen LogP contribution in [0.2, 0.25) is 0 Å². The highest BCUT2D eigenvalue weighted by molar-refractivity contribution is 5.25. The van der Waals surface area contributed by atoms with E-state index in [9.17, 15) is 0 Å². The Balaban J connectivity index is 1.38. The van der Waals surface area contributed by atoms with Crippen LogP contribution in [0.1, 0.15) is 30.4 Å². The van der Waals surface area contributed by atoms with Crippen molar-refractivity contribution < 1.29 is 9.47 Å². The second-order valence-electron chi connectivity index (χ2n) is 7.64. The molecule has 0 amide bonds. The Kier molecular flexibility index (Phi) is 5.18. The maximum atomic E-state index is 6.16. The summed E-state index contributed by atoms with van der Waals surface area (Å²) < 4.78 is 11.6. The lowest BCUT2D eigenvalue weighted by Gasteiger charge is -2.29. The second-order valence-corrected chi connectivity index (χ2v) is 7.64. The molecule has 2 aromatic rings. The molecule has 0 unspecified atom stereocenters. The number of hydrogen-bond donors (Lipinski definition) is 0. The van der Waals surface area contributed by atoms with E-state index in [2.05, 4.69) is 20.9 Å². The van der Waals surface area contributed by atoms with Crippen molar-refractivity contribution in [1.29, 1.82) is 0 Å². The molecule has 0 spiro atoms. The summed E-state index contributed by atoms with van der Waals surface area (Å²) in [6, 6.07) is 8.16. The summed E-state index contributed by atoms with van der Waals surface area (Å²) in [6.45, 7) is 4.68. The van der Waals surface area contributed by atoms with Gasteiger partial charge in [0.15, 0.2) is 0 Å². The Morgan fingerprint density at radius 3 is 2.96 bits per heavy atom. The van der Waals surface area contributed by atoms with E-state index < -0.39 is 0 Å². The number of likely N-dealkylation sites (tertiary alicyclic amines) is 1. The van der Waals surface area contributed by atoms with E-state index in [4.69, 9.17) is 9.47 Å². The van der Waals surface area contributed by atoms with Crippen LogP contribution in [-0.2, 0) is 17.9 Å². The summed E-state index contributed by atoms with van der Waals surface area (Å²) in [7, 11) is 1.69. The first-order valence-corrected chi connectivity index (χ1v) is 9.46. The van der Waals surface area contributed by atoms with Crippen LogP contribution in [-0.4, -0.2) is 41.7 Å². The molecule has 0 bridgehead atoms. The Morgan fingerprint density at radius 2 is 2.12 bits per heavy atom. The van der Waals surface area contributed by atoms with Gasteiger partial charge in [-0.05, 0) is 42.5 Å². The van der Waals surface area contributed by atoms with Gasteiger partial charge in [0.1, 0.15) is 0 Å². The van der Waals surface area contributed by atoms with E-state index in [1.54, 1.807) is 13.3 Å². The van der Waals surface area contributed by atoms with Crippen molar-refractivity contribution >= 4 is 0 Å². The van der Waals surface area contributed by atoms with Gasteiger partial charge >= 0.3 is 0 Å². The van der Waals surface area contributed by atoms with Crippen molar-refractivity contribution in [2.75, 3.05) is 26.8 Å². The molecule has 1 aliphatic heterocycles. The molecule has 0 aromatic carbocycles. The third kappa shape index (κ3) is 3.60.